The van der Waals surface area contributed by atoms with Gasteiger partial charge in [0.15, 0.2) is 5.13 Å². The van der Waals surface area contributed by atoms with Gasteiger partial charge in [-0.15, -0.1) is 11.3 Å². The van der Waals surface area contributed by atoms with Crippen molar-refractivity contribution in [2.24, 2.45) is 0 Å². The number of aromatic nitrogens is 1. The molecule has 0 aliphatic rings. The molecule has 0 saturated carbocycles. The van der Waals surface area contributed by atoms with E-state index in [1.54, 1.807) is 28.1 Å². The van der Waals surface area contributed by atoms with Gasteiger partial charge in [-0.05, 0) is 44.5 Å². The second kappa shape index (κ2) is 15.9. The van der Waals surface area contributed by atoms with Crippen molar-refractivity contribution in [2.75, 3.05) is 26.1 Å². The molecule has 0 radical (unpaired) electrons. The third kappa shape index (κ3) is 8.55. The number of rotatable bonds is 14. The maximum Gasteiger partial charge on any atom is 0.333 e. The molecule has 0 fully saturated rings. The highest BCUT2D eigenvalue weighted by atomic mass is 35.5. The van der Waals surface area contributed by atoms with Crippen LogP contribution in [-0.2, 0) is 14.3 Å². The lowest BCUT2D eigenvalue weighted by atomic mass is 9.98. The quantitative estimate of drug-likeness (QED) is 0.110. The van der Waals surface area contributed by atoms with E-state index in [-0.39, 0.29) is 28.3 Å². The Hall–Kier alpha value is -2.91. The van der Waals surface area contributed by atoms with E-state index in [0.29, 0.717) is 27.7 Å². The average Bonchev–Trinajstić information content (AvgIpc) is 3.42. The predicted octanol–water partition coefficient (Wildman–Crippen LogP) is 9.00. The molecule has 1 amide bonds. The average molecular weight is 620 g/mol. The van der Waals surface area contributed by atoms with Crippen LogP contribution in [0.15, 0.2) is 41.3 Å². The number of nitrogens with zero attached hydrogens (tertiary/aromatic N) is 1. The van der Waals surface area contributed by atoms with Crippen LogP contribution in [0.3, 0.4) is 0 Å². The molecule has 0 aliphatic carbocycles. The van der Waals surface area contributed by atoms with Crippen LogP contribution >= 0.6 is 34.5 Å². The molecule has 2 aromatic carbocycles. The van der Waals surface area contributed by atoms with E-state index in [9.17, 15) is 9.59 Å². The number of carbonyl (C=O) groups excluding carboxylic acids is 2. The van der Waals surface area contributed by atoms with Gasteiger partial charge in [0.2, 0.25) is 0 Å². The lowest BCUT2D eigenvalue weighted by molar-refractivity contribution is -0.138. The van der Waals surface area contributed by atoms with Crippen LogP contribution in [0.4, 0.5) is 5.13 Å². The summed E-state index contributed by atoms with van der Waals surface area (Å²) in [7, 11) is 3.36. The summed E-state index contributed by atoms with van der Waals surface area (Å²) in [5.74, 6) is -0.175. The van der Waals surface area contributed by atoms with Crippen molar-refractivity contribution in [1.29, 1.82) is 0 Å². The fraction of sp³-hybridized carbons (Fsp3) is 0.387. The molecule has 1 heterocycles. The van der Waals surface area contributed by atoms with Gasteiger partial charge < -0.3 is 14.2 Å². The van der Waals surface area contributed by atoms with Gasteiger partial charge in [0, 0.05) is 40.3 Å². The van der Waals surface area contributed by atoms with Crippen molar-refractivity contribution in [1.82, 2.24) is 4.98 Å². The molecular formula is C31H36Cl2N2O5S. The number of unbranched alkanes of at least 4 members (excludes halogenated alkanes) is 3. The van der Waals surface area contributed by atoms with Crippen LogP contribution in [0.1, 0.15) is 80.5 Å². The summed E-state index contributed by atoms with van der Waals surface area (Å²) in [6.45, 7) is 5.79. The molecule has 0 aliphatic heterocycles. The topological polar surface area (TPSA) is 86.8 Å². The normalized spacial score (nSPS) is 12.2. The molecule has 3 aromatic rings. The lowest BCUT2D eigenvalue weighted by Gasteiger charge is -2.20. The fourth-order valence-electron chi connectivity index (χ4n) is 4.39. The Bertz CT molecular complexity index is 1370. The SMILES string of the molecule is CCCCCC[C@H](OC)c1cccc(-c2csc(NC(=O)c3cc(Cl)c(/C=C(\C)C(=O)OCC)c(Cl)c3)n2)c1OC. The first-order valence-corrected chi connectivity index (χ1v) is 15.2. The van der Waals surface area contributed by atoms with E-state index in [1.165, 1.54) is 42.4 Å². The molecule has 10 heteroatoms. The number of hydrogen-bond acceptors (Lipinski definition) is 7. The number of amides is 1. The van der Waals surface area contributed by atoms with Gasteiger partial charge in [-0.1, -0.05) is 67.9 Å². The Labute approximate surface area is 255 Å². The molecule has 0 bridgehead atoms. The van der Waals surface area contributed by atoms with E-state index in [2.05, 4.69) is 17.2 Å². The first kappa shape index (κ1) is 32.6. The van der Waals surface area contributed by atoms with Crippen molar-refractivity contribution in [3.63, 3.8) is 0 Å². The monoisotopic (exact) mass is 618 g/mol. The zero-order chi connectivity index (χ0) is 29.9. The van der Waals surface area contributed by atoms with Crippen LogP contribution < -0.4 is 10.1 Å². The second-order valence-electron chi connectivity index (χ2n) is 9.40. The summed E-state index contributed by atoms with van der Waals surface area (Å²) >= 11 is 14.1. The van der Waals surface area contributed by atoms with Crippen molar-refractivity contribution >= 4 is 57.6 Å². The zero-order valence-electron chi connectivity index (χ0n) is 24.0. The number of para-hydroxylation sites is 1. The fourth-order valence-corrected chi connectivity index (χ4v) is 5.69. The third-order valence-electron chi connectivity index (χ3n) is 6.50. The number of hydrogen-bond donors (Lipinski definition) is 1. The van der Waals surface area contributed by atoms with Crippen LogP contribution in [0, 0.1) is 0 Å². The minimum Gasteiger partial charge on any atom is -0.496 e. The minimum atomic E-state index is -0.465. The standard InChI is InChI=1S/C31H36Cl2N2O5S/c1-6-8-9-10-14-27(38-4)22-13-11-12-21(28(22)39-5)26-18-41-31(34-26)35-29(36)20-16-24(32)23(25(33)17-20)15-19(3)30(37)40-7-2/h11-13,15-18,27H,6-10,14H2,1-5H3,(H,34,35,36)/b19-15+/t27-/m0/s1. The molecule has 0 spiro atoms. The number of esters is 1. The summed E-state index contributed by atoms with van der Waals surface area (Å²) in [4.78, 5) is 29.7. The predicted molar refractivity (Wildman–Crippen MR) is 167 cm³/mol. The molecule has 41 heavy (non-hydrogen) atoms. The first-order chi connectivity index (χ1) is 19.7. The van der Waals surface area contributed by atoms with Crippen LogP contribution in [0.5, 0.6) is 5.75 Å². The molecule has 1 N–H and O–H groups in total. The lowest BCUT2D eigenvalue weighted by Crippen LogP contribution is -2.12. The highest BCUT2D eigenvalue weighted by Crippen LogP contribution is 2.40. The minimum absolute atomic E-state index is 0.0899. The molecule has 0 unspecified atom stereocenters. The number of anilines is 1. The molecule has 3 rings (SSSR count). The molecule has 220 valence electrons. The van der Waals surface area contributed by atoms with E-state index in [4.69, 9.17) is 37.4 Å². The summed E-state index contributed by atoms with van der Waals surface area (Å²) < 4.78 is 16.7. The number of benzene rings is 2. The zero-order valence-corrected chi connectivity index (χ0v) is 26.3. The third-order valence-corrected chi connectivity index (χ3v) is 7.88. The molecule has 1 aromatic heterocycles. The van der Waals surface area contributed by atoms with E-state index in [0.717, 1.165) is 30.4 Å². The summed E-state index contributed by atoms with van der Waals surface area (Å²) in [6.07, 6.45) is 6.97. The Balaban J connectivity index is 1.80. The number of halogens is 2. The van der Waals surface area contributed by atoms with Crippen molar-refractivity contribution in [3.8, 4) is 17.0 Å². The number of methoxy groups -OCH3 is 2. The Morgan fingerprint density at radius 1 is 1.10 bits per heavy atom. The van der Waals surface area contributed by atoms with Gasteiger partial charge in [-0.2, -0.15) is 0 Å². The van der Waals surface area contributed by atoms with Gasteiger partial charge in [0.25, 0.3) is 5.91 Å². The van der Waals surface area contributed by atoms with Gasteiger partial charge in [-0.25, -0.2) is 9.78 Å². The largest absolute Gasteiger partial charge is 0.496 e. The van der Waals surface area contributed by atoms with Crippen molar-refractivity contribution < 1.29 is 23.8 Å². The Morgan fingerprint density at radius 2 is 1.83 bits per heavy atom. The van der Waals surface area contributed by atoms with E-state index in [1.807, 2.05) is 23.6 Å². The van der Waals surface area contributed by atoms with E-state index >= 15 is 0 Å². The highest BCUT2D eigenvalue weighted by Gasteiger charge is 2.21. The van der Waals surface area contributed by atoms with Crippen LogP contribution in [-0.4, -0.2) is 37.7 Å². The molecule has 0 saturated heterocycles. The van der Waals surface area contributed by atoms with Crippen LogP contribution in [0.2, 0.25) is 10.0 Å². The highest BCUT2D eigenvalue weighted by molar-refractivity contribution is 7.14. The number of ether oxygens (including phenoxy) is 3. The Kier molecular flexibility index (Phi) is 12.7. The molecule has 7 nitrogen and oxygen atoms in total. The summed E-state index contributed by atoms with van der Waals surface area (Å²) in [6, 6.07) is 8.92. The van der Waals surface area contributed by atoms with Gasteiger partial charge in [0.05, 0.1) is 35.6 Å². The van der Waals surface area contributed by atoms with Gasteiger partial charge in [0.1, 0.15) is 5.75 Å². The van der Waals surface area contributed by atoms with Crippen molar-refractivity contribution in [3.05, 3.63) is 68.0 Å². The maximum absolute atomic E-state index is 13.1. The smallest absolute Gasteiger partial charge is 0.333 e. The Morgan fingerprint density at radius 3 is 2.46 bits per heavy atom. The molecular weight excluding hydrogens is 583 g/mol. The molecule has 1 atom stereocenters. The van der Waals surface area contributed by atoms with Crippen LogP contribution in [0.25, 0.3) is 17.3 Å². The maximum atomic E-state index is 13.1. The number of nitrogens with one attached hydrogen (secondary N) is 1. The van der Waals surface area contributed by atoms with E-state index < -0.39 is 11.9 Å². The van der Waals surface area contributed by atoms with Crippen molar-refractivity contribution in [2.45, 2.75) is 59.0 Å². The first-order valence-electron chi connectivity index (χ1n) is 13.5. The summed E-state index contributed by atoms with van der Waals surface area (Å²) in [5.41, 5.74) is 3.49. The number of carbonyl (C=O) groups is 2. The number of thiazole rings is 1. The van der Waals surface area contributed by atoms with Gasteiger partial charge in [-0.3, -0.25) is 10.1 Å². The summed E-state index contributed by atoms with van der Waals surface area (Å²) in [5, 5.41) is 5.56. The van der Waals surface area contributed by atoms with Gasteiger partial charge >= 0.3 is 5.97 Å². The second-order valence-corrected chi connectivity index (χ2v) is 11.1.